The zero-order valence-electron chi connectivity index (χ0n) is 7.53. The Bertz CT molecular complexity index is 136. The highest BCUT2D eigenvalue weighted by Crippen LogP contribution is 2.11. The van der Waals surface area contributed by atoms with Crippen LogP contribution in [-0.4, -0.2) is 0 Å². The normalized spacial score (nSPS) is 9.55. The van der Waals surface area contributed by atoms with E-state index in [4.69, 9.17) is 5.73 Å². The summed E-state index contributed by atoms with van der Waals surface area (Å²) in [5, 5.41) is 0. The highest BCUT2D eigenvalue weighted by molar-refractivity contribution is 4.95. The minimum atomic E-state index is 0.786. The molecule has 0 saturated carbocycles. The number of hydrogen-bond donors (Lipinski definition) is 1. The van der Waals surface area contributed by atoms with E-state index in [-0.39, 0.29) is 0 Å². The van der Waals surface area contributed by atoms with E-state index in [2.05, 4.69) is 20.1 Å². The van der Waals surface area contributed by atoms with E-state index in [1.165, 1.54) is 12.0 Å². The summed E-state index contributed by atoms with van der Waals surface area (Å²) >= 11 is 0. The van der Waals surface area contributed by atoms with Crippen molar-refractivity contribution >= 4 is 0 Å². The Labute approximate surface area is 70.0 Å². The largest absolute Gasteiger partial charge is 0.403 e. The van der Waals surface area contributed by atoms with Crippen molar-refractivity contribution in [1.82, 2.24) is 0 Å². The van der Waals surface area contributed by atoms with Gasteiger partial charge in [0, 0.05) is 5.70 Å². The smallest absolute Gasteiger partial charge is 0.000755 e. The fourth-order valence-corrected chi connectivity index (χ4v) is 1.04. The van der Waals surface area contributed by atoms with E-state index in [0.717, 1.165) is 31.4 Å². The summed E-state index contributed by atoms with van der Waals surface area (Å²) in [6.45, 7) is 9.79. The van der Waals surface area contributed by atoms with Crippen LogP contribution in [0.5, 0.6) is 0 Å². The molecule has 0 fully saturated rings. The molecule has 0 aromatic rings. The van der Waals surface area contributed by atoms with Crippen LogP contribution in [0.2, 0.25) is 0 Å². The van der Waals surface area contributed by atoms with Gasteiger partial charge in [-0.05, 0) is 25.7 Å². The maximum atomic E-state index is 5.43. The maximum absolute atomic E-state index is 5.43. The van der Waals surface area contributed by atoms with Crippen molar-refractivity contribution in [1.29, 1.82) is 0 Å². The Balaban J connectivity index is 3.24. The van der Waals surface area contributed by atoms with Gasteiger partial charge in [0.1, 0.15) is 0 Å². The van der Waals surface area contributed by atoms with E-state index in [9.17, 15) is 0 Å². The van der Waals surface area contributed by atoms with Gasteiger partial charge in [0.25, 0.3) is 0 Å². The van der Waals surface area contributed by atoms with Crippen LogP contribution in [0.4, 0.5) is 0 Å². The molecule has 1 heteroatoms. The van der Waals surface area contributed by atoms with Gasteiger partial charge >= 0.3 is 0 Å². The first-order chi connectivity index (χ1) is 5.16. The van der Waals surface area contributed by atoms with Crippen LogP contribution >= 0.6 is 0 Å². The molecule has 0 saturated heterocycles. The molecule has 0 spiro atoms. The molecule has 0 radical (unpaired) electrons. The van der Waals surface area contributed by atoms with Crippen LogP contribution in [0, 0.1) is 0 Å². The number of nitrogens with two attached hydrogens (primary N) is 1. The van der Waals surface area contributed by atoms with Crippen molar-refractivity contribution in [2.24, 2.45) is 5.73 Å². The minimum Gasteiger partial charge on any atom is -0.403 e. The van der Waals surface area contributed by atoms with Crippen LogP contribution in [0.3, 0.4) is 0 Å². The highest BCUT2D eigenvalue weighted by atomic mass is 14.5. The zero-order valence-corrected chi connectivity index (χ0v) is 7.53. The summed E-state index contributed by atoms with van der Waals surface area (Å²) in [7, 11) is 0. The Morgan fingerprint density at radius 2 is 1.82 bits per heavy atom. The summed E-state index contributed by atoms with van der Waals surface area (Å²) in [5.41, 5.74) is 7.56. The van der Waals surface area contributed by atoms with Gasteiger partial charge in [0.15, 0.2) is 0 Å². The predicted molar refractivity (Wildman–Crippen MR) is 51.2 cm³/mol. The van der Waals surface area contributed by atoms with Crippen molar-refractivity contribution in [3.05, 3.63) is 24.4 Å². The van der Waals surface area contributed by atoms with E-state index in [0.29, 0.717) is 0 Å². The Hall–Kier alpha value is -0.720. The molecule has 11 heavy (non-hydrogen) atoms. The van der Waals surface area contributed by atoms with Gasteiger partial charge in [-0.15, -0.1) is 0 Å². The van der Waals surface area contributed by atoms with Gasteiger partial charge in [-0.2, -0.15) is 0 Å². The van der Waals surface area contributed by atoms with Crippen molar-refractivity contribution in [3.8, 4) is 0 Å². The van der Waals surface area contributed by atoms with E-state index in [1.807, 2.05) is 0 Å². The molecule has 0 rings (SSSR count). The van der Waals surface area contributed by atoms with Crippen LogP contribution < -0.4 is 5.73 Å². The third-order valence-corrected chi connectivity index (χ3v) is 1.63. The lowest BCUT2D eigenvalue weighted by Gasteiger charge is -2.02. The zero-order chi connectivity index (χ0) is 8.69. The van der Waals surface area contributed by atoms with Crippen molar-refractivity contribution in [3.63, 3.8) is 0 Å². The molecule has 0 aliphatic carbocycles. The maximum Gasteiger partial charge on any atom is 0.000755 e. The molecule has 0 heterocycles. The van der Waals surface area contributed by atoms with Gasteiger partial charge in [0.2, 0.25) is 0 Å². The monoisotopic (exact) mass is 153 g/mol. The Morgan fingerprint density at radius 1 is 1.18 bits per heavy atom. The molecule has 0 aliphatic heterocycles. The van der Waals surface area contributed by atoms with Gasteiger partial charge in [-0.3, -0.25) is 0 Å². The van der Waals surface area contributed by atoms with Gasteiger partial charge in [-0.25, -0.2) is 0 Å². The summed E-state index contributed by atoms with van der Waals surface area (Å²) in [6.07, 6.45) is 5.49. The molecule has 0 amide bonds. The van der Waals surface area contributed by atoms with Crippen LogP contribution in [0.25, 0.3) is 0 Å². The molecular formula is C10H19N. The molecule has 0 aliphatic rings. The molecule has 64 valence electrons. The van der Waals surface area contributed by atoms with Crippen molar-refractivity contribution in [2.75, 3.05) is 0 Å². The average Bonchev–Trinajstić information content (AvgIpc) is 1.87. The molecule has 1 nitrogen and oxygen atoms in total. The third-order valence-electron chi connectivity index (χ3n) is 1.63. The van der Waals surface area contributed by atoms with E-state index >= 15 is 0 Å². The van der Waals surface area contributed by atoms with E-state index in [1.54, 1.807) is 0 Å². The van der Waals surface area contributed by atoms with Crippen LogP contribution in [0.1, 0.15) is 39.0 Å². The van der Waals surface area contributed by atoms with Crippen LogP contribution in [0.15, 0.2) is 24.4 Å². The second-order valence-electron chi connectivity index (χ2n) is 3.01. The standard InChI is InChI=1S/C10H19N/c1-4-6-9(2)7-5-8-10(3)11/h2-8,11H2,1H3. The topological polar surface area (TPSA) is 26.0 Å². The lowest BCUT2D eigenvalue weighted by Crippen LogP contribution is -1.94. The SMILES string of the molecule is C=C(N)CCCC(=C)CCC. The van der Waals surface area contributed by atoms with Crippen molar-refractivity contribution in [2.45, 2.75) is 39.0 Å². The first-order valence-corrected chi connectivity index (χ1v) is 4.26. The summed E-state index contributed by atoms with van der Waals surface area (Å²) in [4.78, 5) is 0. The minimum absolute atomic E-state index is 0.786. The summed E-state index contributed by atoms with van der Waals surface area (Å²) < 4.78 is 0. The summed E-state index contributed by atoms with van der Waals surface area (Å²) in [6, 6.07) is 0. The van der Waals surface area contributed by atoms with Gasteiger partial charge in [-0.1, -0.05) is 32.1 Å². The summed E-state index contributed by atoms with van der Waals surface area (Å²) in [5.74, 6) is 0. The number of rotatable bonds is 6. The third kappa shape index (κ3) is 7.17. The molecular weight excluding hydrogens is 134 g/mol. The molecule has 0 aromatic heterocycles. The van der Waals surface area contributed by atoms with E-state index < -0.39 is 0 Å². The fourth-order valence-electron chi connectivity index (χ4n) is 1.04. The average molecular weight is 153 g/mol. The first-order valence-electron chi connectivity index (χ1n) is 4.26. The fraction of sp³-hybridized carbons (Fsp3) is 0.600. The second-order valence-corrected chi connectivity index (χ2v) is 3.01. The first kappa shape index (κ1) is 10.3. The Morgan fingerprint density at radius 3 is 2.27 bits per heavy atom. The quantitative estimate of drug-likeness (QED) is 0.583. The second kappa shape index (κ2) is 6.02. The van der Waals surface area contributed by atoms with Crippen LogP contribution in [-0.2, 0) is 0 Å². The molecule has 0 aromatic carbocycles. The molecule has 2 N–H and O–H groups in total. The van der Waals surface area contributed by atoms with Gasteiger partial charge in [0.05, 0.1) is 0 Å². The Kier molecular flexibility index (Phi) is 5.63. The predicted octanol–water partition coefficient (Wildman–Crippen LogP) is 2.99. The highest BCUT2D eigenvalue weighted by Gasteiger charge is 1.93. The van der Waals surface area contributed by atoms with Crippen molar-refractivity contribution < 1.29 is 0 Å². The molecule has 0 atom stereocenters. The lowest BCUT2D eigenvalue weighted by atomic mass is 10.1. The number of hydrogen-bond acceptors (Lipinski definition) is 1. The lowest BCUT2D eigenvalue weighted by molar-refractivity contribution is 0.754. The molecule has 0 unspecified atom stereocenters. The molecule has 0 bridgehead atoms. The van der Waals surface area contributed by atoms with Gasteiger partial charge < -0.3 is 5.73 Å². The number of allylic oxidation sites excluding steroid dienone is 2.